The maximum Gasteiger partial charge on any atom is 0.155 e. The maximum atomic E-state index is 10.0. The highest BCUT2D eigenvalue weighted by Gasteiger charge is 2.39. The lowest BCUT2D eigenvalue weighted by Gasteiger charge is -2.39. The largest absolute Gasteiger partial charge is 0.484 e. The monoisotopic (exact) mass is 473 g/mol. The molecule has 3 fully saturated rings. The zero-order valence-electron chi connectivity index (χ0n) is 18.3. The number of aliphatic hydroxyl groups excluding tert-OH is 1. The number of anilines is 2. The number of hydrogen-bond acceptors (Lipinski definition) is 9. The Morgan fingerprint density at radius 3 is 2.67 bits per heavy atom. The van der Waals surface area contributed by atoms with Gasteiger partial charge in [-0.05, 0) is 30.7 Å². The standard InChI is InChI=1S/C23H28ClN5O4/c24-18-15(2-1-3-17(18)33-14-11-32-12-14)19(25)20-21(26)28-22(16(10-30)27-20)29-7-4-23(5-8-29)6-9-31-13-23/h1-3,14,25,30H,4-13H2,(H2,26,28). The van der Waals surface area contributed by atoms with E-state index < -0.39 is 0 Å². The van der Waals surface area contributed by atoms with Crippen LogP contribution >= 0.6 is 11.6 Å². The van der Waals surface area contributed by atoms with E-state index in [0.717, 1.165) is 45.6 Å². The lowest BCUT2D eigenvalue weighted by Crippen LogP contribution is -2.41. The van der Waals surface area contributed by atoms with Crippen LogP contribution < -0.4 is 15.4 Å². The number of nitrogens with zero attached hydrogens (tertiary/aromatic N) is 3. The van der Waals surface area contributed by atoms with E-state index in [-0.39, 0.29) is 35.3 Å². The minimum atomic E-state index is -0.299. The summed E-state index contributed by atoms with van der Waals surface area (Å²) in [4.78, 5) is 11.2. The molecule has 176 valence electrons. The third-order valence-corrected chi connectivity index (χ3v) is 7.19. The van der Waals surface area contributed by atoms with Crippen LogP contribution in [0.5, 0.6) is 5.75 Å². The van der Waals surface area contributed by atoms with Gasteiger partial charge in [0, 0.05) is 25.3 Å². The highest BCUT2D eigenvalue weighted by Crippen LogP contribution is 2.40. The van der Waals surface area contributed by atoms with E-state index in [4.69, 9.17) is 37.0 Å². The summed E-state index contributed by atoms with van der Waals surface area (Å²) >= 11 is 6.55. The highest BCUT2D eigenvalue weighted by atomic mass is 35.5. The van der Waals surface area contributed by atoms with E-state index in [1.54, 1.807) is 18.2 Å². The molecule has 4 heterocycles. The van der Waals surface area contributed by atoms with E-state index in [1.165, 1.54) is 0 Å². The third kappa shape index (κ3) is 4.26. The van der Waals surface area contributed by atoms with Gasteiger partial charge >= 0.3 is 0 Å². The zero-order valence-corrected chi connectivity index (χ0v) is 19.1. The van der Waals surface area contributed by atoms with E-state index in [1.807, 2.05) is 0 Å². The molecule has 1 aromatic heterocycles. The molecule has 4 N–H and O–H groups in total. The lowest BCUT2D eigenvalue weighted by atomic mass is 9.78. The number of nitrogens with two attached hydrogens (primary N) is 1. The van der Waals surface area contributed by atoms with Gasteiger partial charge < -0.3 is 30.0 Å². The summed E-state index contributed by atoms with van der Waals surface area (Å²) in [6.07, 6.45) is 3.06. The zero-order chi connectivity index (χ0) is 23.0. The second kappa shape index (κ2) is 9.06. The Morgan fingerprint density at radius 2 is 2.03 bits per heavy atom. The fourth-order valence-electron chi connectivity index (χ4n) is 4.64. The Labute approximate surface area is 197 Å². The Bertz CT molecular complexity index is 1050. The highest BCUT2D eigenvalue weighted by molar-refractivity contribution is 6.36. The molecule has 3 aliphatic heterocycles. The van der Waals surface area contributed by atoms with Crippen molar-refractivity contribution in [3.05, 3.63) is 40.2 Å². The molecule has 3 aliphatic rings. The van der Waals surface area contributed by atoms with Crippen LogP contribution in [0.15, 0.2) is 18.2 Å². The second-order valence-electron chi connectivity index (χ2n) is 8.95. The van der Waals surface area contributed by atoms with Crippen molar-refractivity contribution in [3.8, 4) is 5.75 Å². The van der Waals surface area contributed by atoms with Gasteiger partial charge in [-0.2, -0.15) is 0 Å². The fraction of sp³-hybridized carbons (Fsp3) is 0.522. The molecule has 0 unspecified atom stereocenters. The molecule has 0 saturated carbocycles. The number of rotatable bonds is 6. The molecule has 10 heteroatoms. The summed E-state index contributed by atoms with van der Waals surface area (Å²) in [6.45, 7) is 3.98. The Kier molecular flexibility index (Phi) is 6.13. The summed E-state index contributed by atoms with van der Waals surface area (Å²) in [6, 6.07) is 5.25. The third-order valence-electron chi connectivity index (χ3n) is 6.80. The molecule has 1 aromatic carbocycles. The van der Waals surface area contributed by atoms with Gasteiger partial charge in [-0.1, -0.05) is 23.7 Å². The molecule has 0 radical (unpaired) electrons. The minimum Gasteiger partial charge on any atom is -0.484 e. The van der Waals surface area contributed by atoms with Crippen molar-refractivity contribution >= 4 is 28.9 Å². The number of benzene rings is 1. The first-order chi connectivity index (χ1) is 16.0. The molecule has 0 aliphatic carbocycles. The van der Waals surface area contributed by atoms with Gasteiger partial charge in [-0.15, -0.1) is 0 Å². The van der Waals surface area contributed by atoms with Crippen LogP contribution in [-0.2, 0) is 16.1 Å². The molecular formula is C23H28ClN5O4. The van der Waals surface area contributed by atoms with Crippen molar-refractivity contribution in [2.75, 3.05) is 50.2 Å². The molecule has 3 saturated heterocycles. The number of ether oxygens (including phenoxy) is 3. The first-order valence-corrected chi connectivity index (χ1v) is 11.6. The van der Waals surface area contributed by atoms with Crippen LogP contribution in [0.4, 0.5) is 11.6 Å². The van der Waals surface area contributed by atoms with Crippen molar-refractivity contribution in [3.63, 3.8) is 0 Å². The predicted octanol–water partition coefficient (Wildman–Crippen LogP) is 2.41. The van der Waals surface area contributed by atoms with Crippen LogP contribution in [0, 0.1) is 10.8 Å². The Morgan fingerprint density at radius 1 is 1.24 bits per heavy atom. The average Bonchev–Trinajstić information content (AvgIpc) is 3.25. The van der Waals surface area contributed by atoms with Gasteiger partial charge in [-0.3, -0.25) is 5.41 Å². The number of halogens is 1. The molecule has 5 rings (SSSR count). The number of nitrogen functional groups attached to an aromatic ring is 1. The first kappa shape index (κ1) is 22.3. The fourth-order valence-corrected chi connectivity index (χ4v) is 4.90. The van der Waals surface area contributed by atoms with E-state index >= 15 is 0 Å². The Hall–Kier alpha value is -2.46. The summed E-state index contributed by atoms with van der Waals surface area (Å²) in [5.74, 6) is 1.19. The molecule has 0 amide bonds. The van der Waals surface area contributed by atoms with Gasteiger partial charge in [-0.25, -0.2) is 9.97 Å². The van der Waals surface area contributed by atoms with Crippen molar-refractivity contribution in [2.24, 2.45) is 5.41 Å². The molecule has 2 aromatic rings. The van der Waals surface area contributed by atoms with Crippen molar-refractivity contribution in [1.29, 1.82) is 5.41 Å². The summed E-state index contributed by atoms with van der Waals surface area (Å²) < 4.78 is 16.6. The number of nitrogens with one attached hydrogen (secondary N) is 1. The molecule has 9 nitrogen and oxygen atoms in total. The summed E-state index contributed by atoms with van der Waals surface area (Å²) in [5, 5.41) is 19.1. The number of hydrogen-bond donors (Lipinski definition) is 3. The smallest absolute Gasteiger partial charge is 0.155 e. The molecule has 33 heavy (non-hydrogen) atoms. The number of aliphatic hydroxyl groups is 1. The van der Waals surface area contributed by atoms with Gasteiger partial charge in [0.05, 0.1) is 37.2 Å². The molecule has 1 spiro atoms. The van der Waals surface area contributed by atoms with Crippen molar-refractivity contribution < 1.29 is 19.3 Å². The topological polar surface area (TPSA) is 127 Å². The molecule has 0 atom stereocenters. The lowest BCUT2D eigenvalue weighted by molar-refractivity contribution is -0.0796. The van der Waals surface area contributed by atoms with E-state index in [9.17, 15) is 5.11 Å². The molecular weight excluding hydrogens is 446 g/mol. The van der Waals surface area contributed by atoms with E-state index in [2.05, 4.69) is 14.9 Å². The van der Waals surface area contributed by atoms with Crippen LogP contribution in [0.2, 0.25) is 5.02 Å². The van der Waals surface area contributed by atoms with Crippen LogP contribution in [0.25, 0.3) is 0 Å². The quantitative estimate of drug-likeness (QED) is 0.546. The van der Waals surface area contributed by atoms with Gasteiger partial charge in [0.25, 0.3) is 0 Å². The van der Waals surface area contributed by atoms with Crippen LogP contribution in [-0.4, -0.2) is 66.4 Å². The van der Waals surface area contributed by atoms with E-state index in [0.29, 0.717) is 41.1 Å². The minimum absolute atomic E-state index is 0.0299. The number of aromatic nitrogens is 2. The van der Waals surface area contributed by atoms with Crippen LogP contribution in [0.3, 0.4) is 0 Å². The second-order valence-corrected chi connectivity index (χ2v) is 9.32. The van der Waals surface area contributed by atoms with Gasteiger partial charge in [0.1, 0.15) is 23.2 Å². The summed E-state index contributed by atoms with van der Waals surface area (Å²) in [5.41, 5.74) is 7.58. The van der Waals surface area contributed by atoms with Crippen molar-refractivity contribution in [2.45, 2.75) is 32.0 Å². The summed E-state index contributed by atoms with van der Waals surface area (Å²) in [7, 11) is 0. The predicted molar refractivity (Wildman–Crippen MR) is 124 cm³/mol. The SMILES string of the molecule is N=C(c1cccc(OC2COC2)c1Cl)c1nc(CO)c(N2CCC3(CCOC3)CC2)nc1N. The van der Waals surface area contributed by atoms with Gasteiger partial charge in [0.15, 0.2) is 11.6 Å². The van der Waals surface area contributed by atoms with Gasteiger partial charge in [0.2, 0.25) is 0 Å². The maximum absolute atomic E-state index is 10.0. The first-order valence-electron chi connectivity index (χ1n) is 11.2. The van der Waals surface area contributed by atoms with Crippen LogP contribution in [0.1, 0.15) is 36.2 Å². The normalized spacial score (nSPS) is 20.1. The van der Waals surface area contributed by atoms with Crippen molar-refractivity contribution in [1.82, 2.24) is 9.97 Å². The number of piperidine rings is 1. The Balaban J connectivity index is 1.39. The molecule has 0 bridgehead atoms. The average molecular weight is 474 g/mol.